The van der Waals surface area contributed by atoms with Gasteiger partial charge in [-0.25, -0.2) is 0 Å². The van der Waals surface area contributed by atoms with Crippen LogP contribution in [0.25, 0.3) is 0 Å². The minimum absolute atomic E-state index is 0.0420. The second-order valence-corrected chi connectivity index (χ2v) is 16.1. The minimum atomic E-state index is -0.832. The normalized spacial score (nSPS) is 18.6. The molecule has 1 unspecified atom stereocenters. The molecule has 0 bridgehead atoms. The molecule has 1 aliphatic heterocycles. The number of Topliss-reactive ketones (excluding diaryl/α,β-unsaturated/α-hetero) is 5. The average molecular weight is 708 g/mol. The number of rotatable bonds is 20. The second-order valence-electron chi connectivity index (χ2n) is 16.1. The third-order valence-corrected chi connectivity index (χ3v) is 10.6. The summed E-state index contributed by atoms with van der Waals surface area (Å²) in [6.07, 6.45) is 6.94. The lowest BCUT2D eigenvalue weighted by Crippen LogP contribution is -2.48. The van der Waals surface area contributed by atoms with Crippen LogP contribution in [0.3, 0.4) is 0 Å². The quantitative estimate of drug-likeness (QED) is 0.100. The van der Waals surface area contributed by atoms with Crippen LogP contribution in [0.1, 0.15) is 149 Å². The molecular formula is C42H61NO8. The molecule has 9 nitrogen and oxygen atoms in total. The van der Waals surface area contributed by atoms with E-state index in [4.69, 9.17) is 4.74 Å². The average Bonchev–Trinajstić information content (AvgIpc) is 3.60. The Bertz CT molecular complexity index is 1370. The number of carbonyl (C=O) groups excluding carboxylic acids is 7. The zero-order valence-electron chi connectivity index (χ0n) is 31.9. The van der Waals surface area contributed by atoms with Crippen molar-refractivity contribution < 1.29 is 38.3 Å². The summed E-state index contributed by atoms with van der Waals surface area (Å²) >= 11 is 0. The Balaban J connectivity index is 1.64. The van der Waals surface area contributed by atoms with Gasteiger partial charge >= 0.3 is 5.97 Å². The fourth-order valence-corrected chi connectivity index (χ4v) is 7.47. The van der Waals surface area contributed by atoms with Crippen molar-refractivity contribution in [1.29, 1.82) is 0 Å². The number of carbonyl (C=O) groups is 7. The second kappa shape index (κ2) is 19.9. The van der Waals surface area contributed by atoms with Crippen LogP contribution in [0.4, 0.5) is 0 Å². The summed E-state index contributed by atoms with van der Waals surface area (Å²) in [5, 5.41) is 0. The molecule has 0 aromatic heterocycles. The van der Waals surface area contributed by atoms with Gasteiger partial charge in [0.15, 0.2) is 11.6 Å². The van der Waals surface area contributed by atoms with Crippen molar-refractivity contribution in [3.05, 3.63) is 35.9 Å². The summed E-state index contributed by atoms with van der Waals surface area (Å²) in [5.41, 5.74) is 0.198. The summed E-state index contributed by atoms with van der Waals surface area (Å²) in [6.45, 7) is 11.7. The van der Waals surface area contributed by atoms with Crippen molar-refractivity contribution in [1.82, 2.24) is 4.90 Å². The van der Waals surface area contributed by atoms with Crippen LogP contribution in [0.5, 0.6) is 0 Å². The van der Waals surface area contributed by atoms with Gasteiger partial charge < -0.3 is 9.64 Å². The molecule has 1 amide bonds. The van der Waals surface area contributed by atoms with Crippen molar-refractivity contribution in [2.24, 2.45) is 23.2 Å². The summed E-state index contributed by atoms with van der Waals surface area (Å²) in [5.74, 6) is -4.95. The van der Waals surface area contributed by atoms with Gasteiger partial charge in [0.05, 0.1) is 18.4 Å². The topological polar surface area (TPSA) is 132 Å². The van der Waals surface area contributed by atoms with Crippen LogP contribution >= 0.6 is 0 Å². The number of hydrogen-bond acceptors (Lipinski definition) is 8. The molecule has 1 aliphatic carbocycles. The standard InChI is InChI=1S/C42H61NO8/c1-7-8-16-30(40(49)36(45)23-22-31(44)26-33(39(48)28(2)3)29-17-11-9-12-18-29)25-37(46)35-21-15-24-43(35)41(50)34(42(4,5)6)27-38(47)51-32-19-13-10-14-20-32/h9,11-12,17-18,28,30,32-35H,7-8,10,13-16,19-27H2,1-6H3/t30?,33-,34+,35-/m0/s1. The number of ether oxygens (including phenoxy) is 1. The van der Waals surface area contributed by atoms with Gasteiger partial charge in [0.25, 0.3) is 0 Å². The first-order valence-electron chi connectivity index (χ1n) is 19.3. The molecule has 282 valence electrons. The smallest absolute Gasteiger partial charge is 0.306 e. The monoisotopic (exact) mass is 707 g/mol. The van der Waals surface area contributed by atoms with Crippen LogP contribution in [0, 0.1) is 23.2 Å². The van der Waals surface area contributed by atoms with Gasteiger partial charge in [0.1, 0.15) is 17.7 Å². The number of esters is 1. The van der Waals surface area contributed by atoms with Gasteiger partial charge in [-0.3, -0.25) is 33.6 Å². The molecule has 1 aromatic carbocycles. The zero-order valence-corrected chi connectivity index (χ0v) is 31.9. The van der Waals surface area contributed by atoms with Gasteiger partial charge in [-0.15, -0.1) is 0 Å². The van der Waals surface area contributed by atoms with Gasteiger partial charge in [-0.2, -0.15) is 0 Å². The maximum absolute atomic E-state index is 14.0. The Morgan fingerprint density at radius 2 is 1.51 bits per heavy atom. The summed E-state index contributed by atoms with van der Waals surface area (Å²) in [7, 11) is 0. The van der Waals surface area contributed by atoms with E-state index in [2.05, 4.69) is 0 Å². The maximum Gasteiger partial charge on any atom is 0.306 e. The first-order chi connectivity index (χ1) is 24.1. The molecule has 2 fully saturated rings. The highest BCUT2D eigenvalue weighted by molar-refractivity contribution is 6.38. The Kier molecular flexibility index (Phi) is 16.4. The summed E-state index contributed by atoms with van der Waals surface area (Å²) in [4.78, 5) is 95.1. The van der Waals surface area contributed by atoms with E-state index < -0.39 is 40.8 Å². The van der Waals surface area contributed by atoms with Crippen LogP contribution in [0.2, 0.25) is 0 Å². The lowest BCUT2D eigenvalue weighted by Gasteiger charge is -2.35. The molecular weight excluding hydrogens is 646 g/mol. The lowest BCUT2D eigenvalue weighted by atomic mass is 9.77. The van der Waals surface area contributed by atoms with E-state index in [1.54, 1.807) is 18.7 Å². The van der Waals surface area contributed by atoms with E-state index in [0.717, 1.165) is 44.1 Å². The molecule has 9 heteroatoms. The maximum atomic E-state index is 14.0. The zero-order chi connectivity index (χ0) is 37.7. The van der Waals surface area contributed by atoms with Crippen LogP contribution < -0.4 is 0 Å². The third-order valence-electron chi connectivity index (χ3n) is 10.6. The van der Waals surface area contributed by atoms with Crippen molar-refractivity contribution in [3.8, 4) is 0 Å². The molecule has 1 saturated heterocycles. The van der Waals surface area contributed by atoms with Crippen molar-refractivity contribution in [2.45, 2.75) is 156 Å². The lowest BCUT2D eigenvalue weighted by molar-refractivity contribution is -0.157. The SMILES string of the molecule is CCCCC(CC(=O)[C@@H]1CCCN1C(=O)[C@@H](CC(=O)OC1CCCCC1)C(C)(C)C)C(=O)C(=O)CCC(=O)C[C@H](C(=O)C(C)C)c1ccccc1. The Hall–Kier alpha value is -3.49. The Morgan fingerprint density at radius 3 is 2.12 bits per heavy atom. The van der Waals surface area contributed by atoms with E-state index in [1.807, 2.05) is 58.0 Å². The summed E-state index contributed by atoms with van der Waals surface area (Å²) < 4.78 is 5.75. The number of benzene rings is 1. The van der Waals surface area contributed by atoms with Gasteiger partial charge in [-0.1, -0.05) is 91.1 Å². The predicted molar refractivity (Wildman–Crippen MR) is 196 cm³/mol. The number of amides is 1. The number of likely N-dealkylation sites (tertiary alicyclic amines) is 1. The molecule has 0 spiro atoms. The fraction of sp³-hybridized carbons (Fsp3) is 0.690. The fourth-order valence-electron chi connectivity index (χ4n) is 7.47. The van der Waals surface area contributed by atoms with Crippen molar-refractivity contribution in [3.63, 3.8) is 0 Å². The molecule has 1 saturated carbocycles. The van der Waals surface area contributed by atoms with Crippen molar-refractivity contribution in [2.75, 3.05) is 6.54 Å². The van der Waals surface area contributed by atoms with E-state index in [0.29, 0.717) is 32.2 Å². The number of nitrogens with zero attached hydrogens (tertiary/aromatic N) is 1. The molecule has 0 radical (unpaired) electrons. The molecule has 3 rings (SSSR count). The molecule has 1 aromatic rings. The Labute approximate surface area is 305 Å². The van der Waals surface area contributed by atoms with Crippen LogP contribution in [-0.4, -0.2) is 64.4 Å². The first-order valence-corrected chi connectivity index (χ1v) is 19.3. The van der Waals surface area contributed by atoms with Gasteiger partial charge in [0.2, 0.25) is 11.7 Å². The molecule has 0 N–H and O–H groups in total. The third kappa shape index (κ3) is 12.6. The van der Waals surface area contributed by atoms with Crippen LogP contribution in [-0.2, 0) is 38.3 Å². The predicted octanol–water partition coefficient (Wildman–Crippen LogP) is 7.56. The molecule has 1 heterocycles. The highest BCUT2D eigenvalue weighted by atomic mass is 16.5. The van der Waals surface area contributed by atoms with E-state index >= 15 is 0 Å². The van der Waals surface area contributed by atoms with Gasteiger partial charge in [-0.05, 0) is 55.9 Å². The number of hydrogen-bond donors (Lipinski definition) is 0. The van der Waals surface area contributed by atoms with Crippen LogP contribution in [0.15, 0.2) is 30.3 Å². The van der Waals surface area contributed by atoms with E-state index in [9.17, 15) is 33.6 Å². The highest BCUT2D eigenvalue weighted by Crippen LogP contribution is 2.35. The Morgan fingerprint density at radius 1 is 0.843 bits per heavy atom. The highest BCUT2D eigenvalue weighted by Gasteiger charge is 2.43. The van der Waals surface area contributed by atoms with E-state index in [1.165, 1.54) is 0 Å². The largest absolute Gasteiger partial charge is 0.462 e. The number of ketones is 5. The summed E-state index contributed by atoms with van der Waals surface area (Å²) in [6, 6.07) is 8.39. The molecule has 4 atom stereocenters. The molecule has 51 heavy (non-hydrogen) atoms. The van der Waals surface area contributed by atoms with Crippen molar-refractivity contribution >= 4 is 40.8 Å². The van der Waals surface area contributed by atoms with E-state index in [-0.39, 0.29) is 73.4 Å². The minimum Gasteiger partial charge on any atom is -0.462 e. The van der Waals surface area contributed by atoms with Gasteiger partial charge in [0, 0.05) is 50.0 Å². The number of unbranched alkanes of at least 4 members (excludes halogenated alkanes) is 1. The first kappa shape index (κ1) is 41.9. The molecule has 2 aliphatic rings.